The maximum Gasteiger partial charge on any atom is 0.229 e. The van der Waals surface area contributed by atoms with Crippen molar-refractivity contribution in [2.45, 2.75) is 57.2 Å². The minimum Gasteiger partial charge on any atom is -0.336 e. The molecule has 144 valence electrons. The molecule has 2 bridgehead atoms. The van der Waals surface area contributed by atoms with Gasteiger partial charge in [0.1, 0.15) is 10.0 Å². The number of aromatic nitrogens is 4. The van der Waals surface area contributed by atoms with Gasteiger partial charge in [-0.25, -0.2) is 0 Å². The molecule has 0 aliphatic carbocycles. The Morgan fingerprint density at radius 2 is 1.96 bits per heavy atom. The van der Waals surface area contributed by atoms with E-state index in [0.29, 0.717) is 18.5 Å². The summed E-state index contributed by atoms with van der Waals surface area (Å²) in [4.78, 5) is 24.0. The second-order valence-corrected chi connectivity index (χ2v) is 8.99. The molecule has 1 unspecified atom stereocenters. The number of piperidine rings is 1. The molecular formula is C20H22N6OS. The number of carbonyl (C=O) groups excluding carboxylic acids is 1. The Bertz CT molecular complexity index is 1040. The Balaban J connectivity index is 1.39. The summed E-state index contributed by atoms with van der Waals surface area (Å²) < 4.78 is 0. The van der Waals surface area contributed by atoms with Crippen LogP contribution in [0.5, 0.6) is 0 Å². The van der Waals surface area contributed by atoms with Crippen molar-refractivity contribution < 1.29 is 4.79 Å². The lowest BCUT2D eigenvalue weighted by atomic mass is 9.97. The molecule has 2 saturated heterocycles. The number of hydrogen-bond acceptors (Lipinski definition) is 7. The van der Waals surface area contributed by atoms with Gasteiger partial charge >= 0.3 is 0 Å². The van der Waals surface area contributed by atoms with Crippen molar-refractivity contribution in [1.29, 1.82) is 0 Å². The quantitative estimate of drug-likeness (QED) is 0.733. The molecule has 0 radical (unpaired) electrons. The Hall–Kier alpha value is -2.45. The van der Waals surface area contributed by atoms with Crippen LogP contribution in [0, 0.1) is 6.92 Å². The summed E-state index contributed by atoms with van der Waals surface area (Å²) in [6.07, 6.45) is 7.84. The van der Waals surface area contributed by atoms with Crippen LogP contribution in [0.2, 0.25) is 0 Å². The molecule has 2 N–H and O–H groups in total. The van der Waals surface area contributed by atoms with Gasteiger partial charge in [-0.1, -0.05) is 11.3 Å². The Labute approximate surface area is 167 Å². The number of amides is 1. The van der Waals surface area contributed by atoms with Crippen molar-refractivity contribution in [1.82, 2.24) is 25.1 Å². The van der Waals surface area contributed by atoms with Crippen molar-refractivity contribution in [3.05, 3.63) is 35.2 Å². The second kappa shape index (κ2) is 6.86. The van der Waals surface area contributed by atoms with Gasteiger partial charge in [0.2, 0.25) is 5.91 Å². The maximum atomic E-state index is 13.0. The molecule has 0 saturated carbocycles. The second-order valence-electron chi connectivity index (χ2n) is 7.81. The molecule has 3 atom stereocenters. The average molecular weight is 395 g/mol. The summed E-state index contributed by atoms with van der Waals surface area (Å²) in [5, 5.41) is 11.0. The van der Waals surface area contributed by atoms with Crippen LogP contribution in [-0.4, -0.2) is 49.1 Å². The summed E-state index contributed by atoms with van der Waals surface area (Å²) in [5.74, 6) is 0.162. The number of fused-ring (bicyclic) bond motifs is 3. The van der Waals surface area contributed by atoms with Crippen LogP contribution < -0.4 is 5.73 Å². The van der Waals surface area contributed by atoms with E-state index in [9.17, 15) is 4.79 Å². The standard InChI is InChI=1S/C20H22N6OS/c1-11-24-25-20(28-11)13-4-12-5-15(22-10-18(12)23-9-13)8-19(27)26-16-2-3-17(26)7-14(21)6-16/h4-5,9-10,14,16-17H,2-3,6-8,21H2,1H3/t14?,16-,17+. The molecule has 8 heteroatoms. The van der Waals surface area contributed by atoms with E-state index in [4.69, 9.17) is 5.73 Å². The number of carbonyl (C=O) groups is 1. The lowest BCUT2D eigenvalue weighted by Gasteiger charge is -2.37. The third-order valence-corrected chi connectivity index (χ3v) is 6.67. The zero-order valence-corrected chi connectivity index (χ0v) is 16.5. The van der Waals surface area contributed by atoms with Gasteiger partial charge in [-0.15, -0.1) is 10.2 Å². The summed E-state index contributed by atoms with van der Waals surface area (Å²) in [6.45, 7) is 1.93. The first-order valence-corrected chi connectivity index (χ1v) is 10.5. The number of pyridine rings is 2. The number of rotatable bonds is 3. The molecule has 5 heterocycles. The zero-order chi connectivity index (χ0) is 19.3. The molecule has 3 aromatic rings. The summed E-state index contributed by atoms with van der Waals surface area (Å²) in [6, 6.07) is 4.84. The van der Waals surface area contributed by atoms with Crippen molar-refractivity contribution in [2.24, 2.45) is 5.73 Å². The molecule has 1 amide bonds. The van der Waals surface area contributed by atoms with E-state index in [-0.39, 0.29) is 11.9 Å². The third kappa shape index (κ3) is 3.16. The van der Waals surface area contributed by atoms with Crippen molar-refractivity contribution in [2.75, 3.05) is 0 Å². The van der Waals surface area contributed by atoms with E-state index in [2.05, 4.69) is 25.1 Å². The van der Waals surface area contributed by atoms with E-state index < -0.39 is 0 Å². The van der Waals surface area contributed by atoms with Crippen LogP contribution in [0.15, 0.2) is 24.5 Å². The molecule has 28 heavy (non-hydrogen) atoms. The summed E-state index contributed by atoms with van der Waals surface area (Å²) >= 11 is 1.54. The topological polar surface area (TPSA) is 97.9 Å². The van der Waals surface area contributed by atoms with Crippen molar-refractivity contribution in [3.63, 3.8) is 0 Å². The Morgan fingerprint density at radius 3 is 2.68 bits per heavy atom. The van der Waals surface area contributed by atoms with Crippen LogP contribution in [0.3, 0.4) is 0 Å². The van der Waals surface area contributed by atoms with Crippen LogP contribution >= 0.6 is 11.3 Å². The molecule has 0 spiro atoms. The average Bonchev–Trinajstić information content (AvgIpc) is 3.22. The zero-order valence-electron chi connectivity index (χ0n) is 15.7. The lowest BCUT2D eigenvalue weighted by molar-refractivity contribution is -0.135. The SMILES string of the molecule is Cc1nnc(-c2cnc3cnc(CC(=O)N4[C@@H]5CC[C@H]4CC(N)C5)cc3c2)s1. The third-order valence-electron chi connectivity index (χ3n) is 5.79. The van der Waals surface area contributed by atoms with Gasteiger partial charge in [-0.05, 0) is 44.7 Å². The summed E-state index contributed by atoms with van der Waals surface area (Å²) in [5.41, 5.74) is 8.65. The van der Waals surface area contributed by atoms with E-state index in [1.165, 1.54) is 0 Å². The molecule has 7 nitrogen and oxygen atoms in total. The Morgan fingerprint density at radius 1 is 1.18 bits per heavy atom. The van der Waals surface area contributed by atoms with E-state index in [0.717, 1.165) is 57.9 Å². The highest BCUT2D eigenvalue weighted by Gasteiger charge is 2.41. The number of aryl methyl sites for hydroxylation is 1. The van der Waals surface area contributed by atoms with E-state index in [1.807, 2.05) is 19.1 Å². The first kappa shape index (κ1) is 17.6. The van der Waals surface area contributed by atoms with E-state index >= 15 is 0 Å². The lowest BCUT2D eigenvalue weighted by Crippen LogP contribution is -2.50. The summed E-state index contributed by atoms with van der Waals surface area (Å²) in [7, 11) is 0. The fourth-order valence-electron chi connectivity index (χ4n) is 4.58. The molecular weight excluding hydrogens is 372 g/mol. The van der Waals surface area contributed by atoms with Gasteiger partial charge in [0.05, 0.1) is 23.8 Å². The molecule has 2 aliphatic heterocycles. The molecule has 3 aromatic heterocycles. The van der Waals surface area contributed by atoms with Gasteiger partial charge in [0.15, 0.2) is 0 Å². The van der Waals surface area contributed by atoms with Gasteiger partial charge in [-0.2, -0.15) is 0 Å². The number of hydrogen-bond donors (Lipinski definition) is 1. The monoisotopic (exact) mass is 394 g/mol. The highest BCUT2D eigenvalue weighted by atomic mass is 32.1. The fourth-order valence-corrected chi connectivity index (χ4v) is 5.25. The minimum atomic E-state index is 0.162. The van der Waals surface area contributed by atoms with Gasteiger partial charge in [0.25, 0.3) is 0 Å². The van der Waals surface area contributed by atoms with Crippen LogP contribution in [-0.2, 0) is 11.2 Å². The Kier molecular flexibility index (Phi) is 4.32. The van der Waals surface area contributed by atoms with Crippen LogP contribution in [0.1, 0.15) is 36.4 Å². The predicted molar refractivity (Wildman–Crippen MR) is 108 cm³/mol. The fraction of sp³-hybridized carbons (Fsp3) is 0.450. The normalized spacial score (nSPS) is 24.1. The van der Waals surface area contributed by atoms with Gasteiger partial charge < -0.3 is 10.6 Å². The molecule has 2 fully saturated rings. The molecule has 0 aromatic carbocycles. The number of nitrogens with zero attached hydrogens (tertiary/aromatic N) is 5. The van der Waals surface area contributed by atoms with Crippen LogP contribution in [0.25, 0.3) is 21.5 Å². The molecule has 2 aliphatic rings. The van der Waals surface area contributed by atoms with Crippen molar-refractivity contribution in [3.8, 4) is 10.6 Å². The highest BCUT2D eigenvalue weighted by molar-refractivity contribution is 7.14. The van der Waals surface area contributed by atoms with Crippen LogP contribution in [0.4, 0.5) is 0 Å². The predicted octanol–water partition coefficient (Wildman–Crippen LogP) is 2.48. The maximum absolute atomic E-state index is 13.0. The highest BCUT2D eigenvalue weighted by Crippen LogP contribution is 2.35. The van der Waals surface area contributed by atoms with E-state index in [1.54, 1.807) is 23.7 Å². The van der Waals surface area contributed by atoms with Gasteiger partial charge in [0, 0.05) is 35.3 Å². The first-order chi connectivity index (χ1) is 13.6. The van der Waals surface area contributed by atoms with Crippen molar-refractivity contribution >= 4 is 28.1 Å². The first-order valence-electron chi connectivity index (χ1n) is 9.69. The largest absolute Gasteiger partial charge is 0.336 e. The number of nitrogens with two attached hydrogens (primary N) is 1. The molecule has 5 rings (SSSR count). The minimum absolute atomic E-state index is 0.162. The smallest absolute Gasteiger partial charge is 0.229 e. The van der Waals surface area contributed by atoms with Gasteiger partial charge in [-0.3, -0.25) is 14.8 Å².